The van der Waals surface area contributed by atoms with Gasteiger partial charge in [-0.2, -0.15) is 0 Å². The number of amides is 4. The lowest BCUT2D eigenvalue weighted by molar-refractivity contribution is -0.144. The molecule has 0 spiro atoms. The molecule has 15 heteroatoms. The van der Waals surface area contributed by atoms with Crippen LogP contribution in [0.3, 0.4) is 0 Å². The second-order valence-electron chi connectivity index (χ2n) is 17.0. The number of nitrogens with zero attached hydrogens (tertiary/aromatic N) is 6. The molecular formula is C46H69N7O8. The van der Waals surface area contributed by atoms with Gasteiger partial charge in [0.25, 0.3) is 5.91 Å². The number of piperazine rings is 1. The zero-order chi connectivity index (χ0) is 42.8. The lowest BCUT2D eigenvalue weighted by Gasteiger charge is -2.38. The molecule has 336 valence electrons. The number of benzene rings is 2. The number of aromatic nitrogens is 1. The second-order valence-corrected chi connectivity index (χ2v) is 17.0. The van der Waals surface area contributed by atoms with Gasteiger partial charge in [0.1, 0.15) is 0 Å². The van der Waals surface area contributed by atoms with Crippen LogP contribution in [0, 0.1) is 12.8 Å². The highest BCUT2D eigenvalue weighted by Crippen LogP contribution is 2.27. The first-order chi connectivity index (χ1) is 28.9. The summed E-state index contributed by atoms with van der Waals surface area (Å²) in [6.07, 6.45) is 5.09. The van der Waals surface area contributed by atoms with E-state index in [2.05, 4.69) is 36.0 Å². The van der Waals surface area contributed by atoms with Crippen molar-refractivity contribution in [2.45, 2.75) is 98.1 Å². The van der Waals surface area contributed by atoms with Crippen molar-refractivity contribution in [3.8, 4) is 0 Å². The highest BCUT2D eigenvalue weighted by Gasteiger charge is 2.35. The Hall–Kier alpha value is -4.89. The monoisotopic (exact) mass is 848 g/mol. The minimum Gasteiger partial charge on any atom is -0.466 e. The Bertz CT molecular complexity index is 1990. The number of anilines is 1. The summed E-state index contributed by atoms with van der Waals surface area (Å²) in [5.41, 5.74) is 4.72. The van der Waals surface area contributed by atoms with E-state index in [1.807, 2.05) is 42.2 Å². The molecule has 0 bridgehead atoms. The van der Waals surface area contributed by atoms with Crippen molar-refractivity contribution in [2.24, 2.45) is 13.0 Å². The van der Waals surface area contributed by atoms with E-state index in [1.54, 1.807) is 22.9 Å². The SMILES string of the molecule is C.CCCCOC(=O)CCN1CCN(C)CC1.Cc1cc(C[C@@H](OC(=O)N2CCC(N3CCc4ccccc4NC3=O)CC2)C(=O)N2CCC(C)CC2)cc2oc(=O)n(C)c12. The standard InChI is InChI=1S/C33H41N5O6.C12H24N2O2.CH4/c1-21-8-13-36(14-9-21)30(39)28(20-23-18-22(2)29-27(19-23)43-32(41)35(29)3)44-33(42)37-15-11-25(12-16-37)38-17-10-24-6-4-5-7-26(24)34-31(38)40;1-3-4-11-16-12(15)5-6-14-9-7-13(2)8-10-14;/h4-7,18-19,21,25,28H,8-17,20H2,1-3H3,(H,34,40);3-11H2,1-2H3;1H4/t28-;;/m1../s1. The number of piperidine rings is 2. The van der Waals surface area contributed by atoms with Crippen LogP contribution in [0.4, 0.5) is 15.3 Å². The summed E-state index contributed by atoms with van der Waals surface area (Å²) in [6.45, 7) is 14.7. The van der Waals surface area contributed by atoms with Gasteiger partial charge in [0.15, 0.2) is 11.7 Å². The number of carbonyl (C=O) groups excluding carboxylic acids is 4. The summed E-state index contributed by atoms with van der Waals surface area (Å²) < 4.78 is 18.0. The number of nitrogens with one attached hydrogen (secondary N) is 1. The Kier molecular flexibility index (Phi) is 17.2. The van der Waals surface area contributed by atoms with Crippen LogP contribution in [0.25, 0.3) is 11.1 Å². The Morgan fingerprint density at radius 1 is 0.902 bits per heavy atom. The average molecular weight is 848 g/mol. The fraction of sp³-hybridized carbons (Fsp3) is 0.630. The van der Waals surface area contributed by atoms with Gasteiger partial charge in [-0.05, 0) is 87.2 Å². The molecule has 3 saturated heterocycles. The summed E-state index contributed by atoms with van der Waals surface area (Å²) in [4.78, 5) is 73.7. The number of para-hydroxylation sites is 1. The van der Waals surface area contributed by atoms with E-state index in [-0.39, 0.29) is 37.8 Å². The molecule has 15 nitrogen and oxygen atoms in total. The normalized spacial score (nSPS) is 18.6. The summed E-state index contributed by atoms with van der Waals surface area (Å²) >= 11 is 0. The number of hydrogen-bond donors (Lipinski definition) is 1. The van der Waals surface area contributed by atoms with E-state index in [4.69, 9.17) is 13.9 Å². The number of hydrogen-bond acceptors (Lipinski definition) is 10. The number of fused-ring (bicyclic) bond motifs is 2. The van der Waals surface area contributed by atoms with Gasteiger partial charge in [0, 0.05) is 90.6 Å². The molecule has 3 fully saturated rings. The van der Waals surface area contributed by atoms with Gasteiger partial charge in [-0.1, -0.05) is 52.0 Å². The summed E-state index contributed by atoms with van der Waals surface area (Å²) in [5.74, 6) is -0.152. The average Bonchev–Trinajstić information content (AvgIpc) is 3.42. The Morgan fingerprint density at radius 3 is 2.30 bits per heavy atom. The number of rotatable bonds is 11. The van der Waals surface area contributed by atoms with E-state index in [0.717, 1.165) is 87.2 Å². The van der Waals surface area contributed by atoms with Crippen molar-refractivity contribution >= 4 is 40.8 Å². The minimum atomic E-state index is -1.00. The first kappa shape index (κ1) is 47.2. The Morgan fingerprint density at radius 2 is 1.59 bits per heavy atom. The Labute approximate surface area is 361 Å². The first-order valence-corrected chi connectivity index (χ1v) is 22.0. The molecule has 4 aliphatic rings. The van der Waals surface area contributed by atoms with Crippen LogP contribution in [-0.2, 0) is 39.0 Å². The molecule has 4 amide bonds. The van der Waals surface area contributed by atoms with E-state index < -0.39 is 18.0 Å². The van der Waals surface area contributed by atoms with Crippen molar-refractivity contribution in [2.75, 3.05) is 84.4 Å². The van der Waals surface area contributed by atoms with Crippen molar-refractivity contribution in [1.82, 2.24) is 29.1 Å². The summed E-state index contributed by atoms with van der Waals surface area (Å²) in [5, 5.41) is 3.03. The van der Waals surface area contributed by atoms with Crippen molar-refractivity contribution in [3.63, 3.8) is 0 Å². The van der Waals surface area contributed by atoms with Gasteiger partial charge in [-0.25, -0.2) is 14.4 Å². The lowest BCUT2D eigenvalue weighted by Crippen LogP contribution is -2.51. The molecule has 1 aromatic heterocycles. The third-order valence-electron chi connectivity index (χ3n) is 12.5. The van der Waals surface area contributed by atoms with Crippen molar-refractivity contribution in [1.29, 1.82) is 0 Å². The quantitative estimate of drug-likeness (QED) is 0.183. The molecular weight excluding hydrogens is 779 g/mol. The lowest BCUT2D eigenvalue weighted by atomic mass is 9.98. The maximum absolute atomic E-state index is 13.8. The molecule has 7 rings (SSSR count). The number of aryl methyl sites for hydroxylation is 2. The first-order valence-electron chi connectivity index (χ1n) is 22.0. The van der Waals surface area contributed by atoms with Gasteiger partial charge in [-0.3, -0.25) is 14.2 Å². The molecule has 5 heterocycles. The number of unbranched alkanes of at least 4 members (excludes halogenated alkanes) is 1. The largest absolute Gasteiger partial charge is 0.466 e. The van der Waals surface area contributed by atoms with Crippen LogP contribution >= 0.6 is 0 Å². The van der Waals surface area contributed by atoms with E-state index in [1.165, 1.54) is 4.57 Å². The van der Waals surface area contributed by atoms with Gasteiger partial charge < -0.3 is 43.7 Å². The minimum absolute atomic E-state index is 0. The van der Waals surface area contributed by atoms with Crippen LogP contribution in [0.5, 0.6) is 0 Å². The molecule has 1 N–H and O–H groups in total. The van der Waals surface area contributed by atoms with Crippen LogP contribution < -0.4 is 11.1 Å². The van der Waals surface area contributed by atoms with Crippen molar-refractivity contribution in [3.05, 3.63) is 63.6 Å². The molecule has 61 heavy (non-hydrogen) atoms. The molecule has 0 radical (unpaired) electrons. The topological polar surface area (TPSA) is 150 Å². The van der Waals surface area contributed by atoms with Gasteiger partial charge in [0.2, 0.25) is 0 Å². The highest BCUT2D eigenvalue weighted by atomic mass is 16.6. The highest BCUT2D eigenvalue weighted by molar-refractivity contribution is 5.91. The van der Waals surface area contributed by atoms with Gasteiger partial charge in [0.05, 0.1) is 18.5 Å². The molecule has 1 atom stereocenters. The van der Waals surface area contributed by atoms with Crippen molar-refractivity contribution < 1.29 is 33.1 Å². The summed E-state index contributed by atoms with van der Waals surface area (Å²) in [7, 11) is 3.80. The molecule has 0 aliphatic carbocycles. The molecule has 2 aromatic carbocycles. The van der Waals surface area contributed by atoms with Crippen LogP contribution in [0.15, 0.2) is 45.6 Å². The van der Waals surface area contributed by atoms with Crippen LogP contribution in [0.1, 0.15) is 82.9 Å². The number of oxazole rings is 1. The predicted molar refractivity (Wildman–Crippen MR) is 237 cm³/mol. The maximum atomic E-state index is 13.8. The smallest absolute Gasteiger partial charge is 0.419 e. The number of esters is 1. The van der Waals surface area contributed by atoms with E-state index in [0.29, 0.717) is 75.6 Å². The molecule has 0 unspecified atom stereocenters. The second kappa shape index (κ2) is 22.3. The fourth-order valence-corrected chi connectivity index (χ4v) is 8.54. The van der Waals surface area contributed by atoms with E-state index >= 15 is 0 Å². The molecule has 3 aromatic rings. The number of urea groups is 1. The molecule has 4 aliphatic heterocycles. The Balaban J connectivity index is 0.000000351. The predicted octanol–water partition coefficient (Wildman–Crippen LogP) is 5.90. The third-order valence-corrected chi connectivity index (χ3v) is 12.5. The van der Waals surface area contributed by atoms with E-state index in [9.17, 15) is 24.0 Å². The zero-order valence-corrected chi connectivity index (χ0v) is 36.3. The molecule has 0 saturated carbocycles. The van der Waals surface area contributed by atoms with Crippen LogP contribution in [0.2, 0.25) is 0 Å². The van der Waals surface area contributed by atoms with Gasteiger partial charge in [-0.15, -0.1) is 0 Å². The number of likely N-dealkylation sites (N-methyl/N-ethyl adjacent to an activating group) is 1. The van der Waals surface area contributed by atoms with Crippen LogP contribution in [-0.4, -0.2) is 144 Å². The third kappa shape index (κ3) is 12.6. The summed E-state index contributed by atoms with van der Waals surface area (Å²) in [6, 6.07) is 11.4. The zero-order valence-electron chi connectivity index (χ0n) is 36.3. The number of likely N-dealkylation sites (tertiary alicyclic amines) is 2. The number of carbonyl (C=O) groups is 4. The maximum Gasteiger partial charge on any atom is 0.419 e. The fourth-order valence-electron chi connectivity index (χ4n) is 8.54. The van der Waals surface area contributed by atoms with Gasteiger partial charge >= 0.3 is 23.8 Å². The number of ether oxygens (including phenoxy) is 2.